The lowest BCUT2D eigenvalue weighted by molar-refractivity contribution is -0.00255. The zero-order valence-electron chi connectivity index (χ0n) is 17.3. The largest absolute Gasteiger partial charge is 0.459 e. The van der Waals surface area contributed by atoms with Crippen molar-refractivity contribution in [1.82, 2.24) is 15.5 Å². The van der Waals surface area contributed by atoms with E-state index in [1.54, 1.807) is 0 Å². The van der Waals surface area contributed by atoms with Crippen molar-refractivity contribution in [2.45, 2.75) is 38.3 Å². The highest BCUT2D eigenvalue weighted by Gasteiger charge is 2.34. The maximum absolute atomic E-state index is 5.99. The number of rotatable bonds is 6. The topological polar surface area (TPSA) is 62.0 Å². The van der Waals surface area contributed by atoms with E-state index in [0.717, 1.165) is 61.8 Å². The van der Waals surface area contributed by atoms with E-state index < -0.39 is 0 Å². The molecule has 0 amide bonds. The molecule has 1 saturated heterocycles. The zero-order chi connectivity index (χ0) is 19.3. The van der Waals surface area contributed by atoms with E-state index in [4.69, 9.17) is 14.1 Å². The Morgan fingerprint density at radius 1 is 1.25 bits per heavy atom. The molecule has 2 heterocycles. The van der Waals surface area contributed by atoms with Gasteiger partial charge in [-0.15, -0.1) is 24.0 Å². The minimum absolute atomic E-state index is 0. The lowest BCUT2D eigenvalue weighted by Crippen LogP contribution is -2.51. The number of para-hydroxylation sites is 1. The quantitative estimate of drug-likeness (QED) is 0.359. The lowest BCUT2D eigenvalue weighted by atomic mass is 9.89. The van der Waals surface area contributed by atoms with Crippen molar-refractivity contribution in [3.8, 4) is 0 Å². The standard InChI is InChI=1S/C21H32N4O2.HI/c1-5-22-20(23-15-21(25(3)4)10-12-26-13-11-21)24-16(2)19-14-17-8-6-7-9-18(17)27-19;/h6-9,14,16H,5,10-13,15H2,1-4H3,(H2,22,23,24);1H. The van der Waals surface area contributed by atoms with E-state index in [1.807, 2.05) is 18.2 Å². The third-order valence-electron chi connectivity index (χ3n) is 5.47. The van der Waals surface area contributed by atoms with Crippen LogP contribution in [0, 0.1) is 0 Å². The zero-order valence-corrected chi connectivity index (χ0v) is 19.7. The molecule has 3 rings (SSSR count). The molecule has 1 aliphatic heterocycles. The average molecular weight is 500 g/mol. The van der Waals surface area contributed by atoms with Crippen LogP contribution < -0.4 is 10.6 Å². The lowest BCUT2D eigenvalue weighted by Gasteiger charge is -2.41. The van der Waals surface area contributed by atoms with Crippen molar-refractivity contribution in [3.63, 3.8) is 0 Å². The Bertz CT molecular complexity index is 736. The van der Waals surface area contributed by atoms with Crippen molar-refractivity contribution >= 4 is 40.9 Å². The van der Waals surface area contributed by atoms with Crippen molar-refractivity contribution < 1.29 is 9.15 Å². The van der Waals surface area contributed by atoms with Gasteiger partial charge in [-0.1, -0.05) is 18.2 Å². The number of nitrogens with zero attached hydrogens (tertiary/aromatic N) is 2. The molecule has 0 saturated carbocycles. The van der Waals surface area contributed by atoms with Crippen LogP contribution in [0.25, 0.3) is 11.0 Å². The van der Waals surface area contributed by atoms with Crippen LogP contribution in [-0.2, 0) is 4.74 Å². The van der Waals surface area contributed by atoms with Gasteiger partial charge in [0.15, 0.2) is 5.96 Å². The maximum Gasteiger partial charge on any atom is 0.191 e. The fourth-order valence-electron chi connectivity index (χ4n) is 3.54. The van der Waals surface area contributed by atoms with Gasteiger partial charge in [0.25, 0.3) is 0 Å². The predicted octanol–water partition coefficient (Wildman–Crippen LogP) is 3.78. The van der Waals surface area contributed by atoms with Crippen LogP contribution in [0.3, 0.4) is 0 Å². The molecule has 0 aliphatic carbocycles. The Morgan fingerprint density at radius 2 is 1.96 bits per heavy atom. The van der Waals surface area contributed by atoms with Gasteiger partial charge in [0.1, 0.15) is 11.3 Å². The molecule has 0 radical (unpaired) electrons. The Hall–Kier alpha value is -1.32. The van der Waals surface area contributed by atoms with Gasteiger partial charge in [0, 0.05) is 30.7 Å². The molecule has 6 nitrogen and oxygen atoms in total. The summed E-state index contributed by atoms with van der Waals surface area (Å²) in [5, 5.41) is 7.97. The normalized spacial score (nSPS) is 18.0. The third kappa shape index (κ3) is 5.39. The second-order valence-electron chi connectivity index (χ2n) is 7.48. The third-order valence-corrected chi connectivity index (χ3v) is 5.47. The SMILES string of the molecule is CCNC(=NCC1(N(C)C)CCOCC1)NC(C)c1cc2ccccc2o1.I. The number of hydrogen-bond donors (Lipinski definition) is 2. The van der Waals surface area contributed by atoms with Crippen LogP contribution in [0.15, 0.2) is 39.7 Å². The van der Waals surface area contributed by atoms with Crippen molar-refractivity contribution in [2.24, 2.45) is 4.99 Å². The van der Waals surface area contributed by atoms with Crippen LogP contribution in [0.1, 0.15) is 38.5 Å². The van der Waals surface area contributed by atoms with Gasteiger partial charge in [-0.05, 0) is 52.9 Å². The molecule has 156 valence electrons. The highest BCUT2D eigenvalue weighted by atomic mass is 127. The molecule has 1 aliphatic rings. The second-order valence-corrected chi connectivity index (χ2v) is 7.48. The Morgan fingerprint density at radius 3 is 2.61 bits per heavy atom. The minimum atomic E-state index is 0. The van der Waals surface area contributed by atoms with Crippen LogP contribution in [0.4, 0.5) is 0 Å². The van der Waals surface area contributed by atoms with Gasteiger partial charge < -0.3 is 24.7 Å². The molecular weight excluding hydrogens is 467 g/mol. The first-order chi connectivity index (χ1) is 13.0. The van der Waals surface area contributed by atoms with Crippen molar-refractivity contribution in [2.75, 3.05) is 40.4 Å². The number of benzene rings is 1. The Balaban J connectivity index is 0.00000280. The summed E-state index contributed by atoms with van der Waals surface area (Å²) < 4.78 is 11.6. The first-order valence-electron chi connectivity index (χ1n) is 9.82. The first kappa shape index (κ1) is 23.0. The van der Waals surface area contributed by atoms with E-state index in [9.17, 15) is 0 Å². The van der Waals surface area contributed by atoms with E-state index in [2.05, 4.69) is 55.6 Å². The number of likely N-dealkylation sites (N-methyl/N-ethyl adjacent to an activating group) is 1. The molecule has 2 N–H and O–H groups in total. The maximum atomic E-state index is 5.99. The first-order valence-corrected chi connectivity index (χ1v) is 9.82. The van der Waals surface area contributed by atoms with Gasteiger partial charge in [0.2, 0.25) is 0 Å². The summed E-state index contributed by atoms with van der Waals surface area (Å²) in [4.78, 5) is 7.20. The monoisotopic (exact) mass is 500 g/mol. The summed E-state index contributed by atoms with van der Waals surface area (Å²) in [6.07, 6.45) is 2.00. The Kier molecular flexibility index (Phi) is 8.57. The van der Waals surface area contributed by atoms with Crippen LogP contribution in [0.5, 0.6) is 0 Å². The molecule has 0 spiro atoms. The van der Waals surface area contributed by atoms with Crippen LogP contribution in [-0.4, -0.2) is 56.8 Å². The van der Waals surface area contributed by atoms with Gasteiger partial charge in [0.05, 0.1) is 12.6 Å². The summed E-state index contributed by atoms with van der Waals surface area (Å²) in [6, 6.07) is 10.2. The molecule has 1 unspecified atom stereocenters. The molecule has 1 aromatic heterocycles. The van der Waals surface area contributed by atoms with Gasteiger partial charge in [-0.25, -0.2) is 0 Å². The number of nitrogens with one attached hydrogen (secondary N) is 2. The molecule has 2 aromatic rings. The van der Waals surface area contributed by atoms with Crippen LogP contribution >= 0.6 is 24.0 Å². The number of halogens is 1. The average Bonchev–Trinajstić information content (AvgIpc) is 3.11. The molecule has 1 fully saturated rings. The molecular formula is C21H33IN4O2. The second kappa shape index (κ2) is 10.5. The molecule has 1 aromatic carbocycles. The van der Waals surface area contributed by atoms with Gasteiger partial charge in [-0.3, -0.25) is 4.99 Å². The van der Waals surface area contributed by atoms with E-state index in [1.165, 1.54) is 0 Å². The molecule has 0 bridgehead atoms. The Labute approximate surface area is 185 Å². The summed E-state index contributed by atoms with van der Waals surface area (Å²) in [5.41, 5.74) is 0.972. The number of hydrogen-bond acceptors (Lipinski definition) is 4. The smallest absolute Gasteiger partial charge is 0.191 e. The number of ether oxygens (including phenoxy) is 1. The summed E-state index contributed by atoms with van der Waals surface area (Å²) in [5.74, 6) is 1.73. The fourth-order valence-corrected chi connectivity index (χ4v) is 3.54. The highest BCUT2D eigenvalue weighted by Crippen LogP contribution is 2.27. The molecule has 28 heavy (non-hydrogen) atoms. The van der Waals surface area contributed by atoms with E-state index in [0.29, 0.717) is 0 Å². The van der Waals surface area contributed by atoms with Crippen molar-refractivity contribution in [3.05, 3.63) is 36.1 Å². The number of fused-ring (bicyclic) bond motifs is 1. The highest BCUT2D eigenvalue weighted by molar-refractivity contribution is 14.0. The number of aliphatic imine (C=N–C) groups is 1. The summed E-state index contributed by atoms with van der Waals surface area (Å²) in [7, 11) is 4.27. The predicted molar refractivity (Wildman–Crippen MR) is 126 cm³/mol. The number of furan rings is 1. The van der Waals surface area contributed by atoms with E-state index in [-0.39, 0.29) is 35.6 Å². The van der Waals surface area contributed by atoms with Gasteiger partial charge in [-0.2, -0.15) is 0 Å². The fraction of sp³-hybridized carbons (Fsp3) is 0.571. The molecule has 7 heteroatoms. The minimum Gasteiger partial charge on any atom is -0.459 e. The van der Waals surface area contributed by atoms with Crippen LogP contribution in [0.2, 0.25) is 0 Å². The summed E-state index contributed by atoms with van der Waals surface area (Å²) >= 11 is 0. The van der Waals surface area contributed by atoms with E-state index >= 15 is 0 Å². The van der Waals surface area contributed by atoms with Gasteiger partial charge >= 0.3 is 0 Å². The van der Waals surface area contributed by atoms with Crippen molar-refractivity contribution in [1.29, 1.82) is 0 Å². The number of guanidine groups is 1. The summed E-state index contributed by atoms with van der Waals surface area (Å²) in [6.45, 7) is 7.34. The molecule has 1 atom stereocenters.